The van der Waals surface area contributed by atoms with Crippen LogP contribution in [0.4, 0.5) is 0 Å². The van der Waals surface area contributed by atoms with E-state index in [0.717, 1.165) is 17.9 Å². The third-order valence-electron chi connectivity index (χ3n) is 3.73. The second-order valence-corrected chi connectivity index (χ2v) is 4.79. The topological polar surface area (TPSA) is 3.24 Å². The Balaban J connectivity index is 0.000000921. The first-order chi connectivity index (χ1) is 7.16. The van der Waals surface area contributed by atoms with Crippen LogP contribution in [0, 0.1) is 11.8 Å². The van der Waals surface area contributed by atoms with Crippen molar-refractivity contribution in [1.82, 2.24) is 4.90 Å². The summed E-state index contributed by atoms with van der Waals surface area (Å²) in [6.07, 6.45) is 4.28. The monoisotopic (exact) mass is 213 g/mol. The number of nitrogens with zero attached hydrogens (tertiary/aromatic N) is 1. The summed E-state index contributed by atoms with van der Waals surface area (Å²) >= 11 is 0. The maximum atomic E-state index is 2.67. The van der Waals surface area contributed by atoms with Gasteiger partial charge < -0.3 is 4.90 Å². The van der Waals surface area contributed by atoms with Gasteiger partial charge in [-0.15, -0.1) is 0 Å². The SMILES string of the molecule is CC.CCN1CCCCC1C(C)C(C)C. The molecule has 0 aromatic rings. The average Bonchev–Trinajstić information content (AvgIpc) is 2.30. The zero-order chi connectivity index (χ0) is 11.8. The Morgan fingerprint density at radius 3 is 2.20 bits per heavy atom. The van der Waals surface area contributed by atoms with Gasteiger partial charge in [-0.3, -0.25) is 0 Å². The minimum atomic E-state index is 0.831. The highest BCUT2D eigenvalue weighted by atomic mass is 15.2. The van der Waals surface area contributed by atoms with Crippen LogP contribution in [0.2, 0.25) is 0 Å². The highest BCUT2D eigenvalue weighted by Gasteiger charge is 2.27. The van der Waals surface area contributed by atoms with Crippen molar-refractivity contribution in [3.05, 3.63) is 0 Å². The third kappa shape index (κ3) is 4.55. The highest BCUT2D eigenvalue weighted by molar-refractivity contribution is 4.81. The van der Waals surface area contributed by atoms with E-state index in [1.54, 1.807) is 0 Å². The van der Waals surface area contributed by atoms with E-state index in [0.29, 0.717) is 0 Å². The van der Waals surface area contributed by atoms with Gasteiger partial charge in [0.1, 0.15) is 0 Å². The quantitative estimate of drug-likeness (QED) is 0.680. The van der Waals surface area contributed by atoms with E-state index < -0.39 is 0 Å². The first-order valence-electron chi connectivity index (χ1n) is 6.90. The van der Waals surface area contributed by atoms with Crippen molar-refractivity contribution in [3.63, 3.8) is 0 Å². The molecule has 0 aliphatic carbocycles. The maximum Gasteiger partial charge on any atom is 0.0123 e. The van der Waals surface area contributed by atoms with Crippen LogP contribution >= 0.6 is 0 Å². The summed E-state index contributed by atoms with van der Waals surface area (Å²) in [4.78, 5) is 2.67. The Morgan fingerprint density at radius 1 is 1.13 bits per heavy atom. The Morgan fingerprint density at radius 2 is 1.73 bits per heavy atom. The molecule has 0 N–H and O–H groups in total. The molecule has 0 aromatic carbocycles. The fourth-order valence-corrected chi connectivity index (χ4v) is 2.45. The van der Waals surface area contributed by atoms with Crippen LogP contribution in [-0.2, 0) is 0 Å². The molecule has 1 heterocycles. The van der Waals surface area contributed by atoms with Crippen molar-refractivity contribution in [2.45, 2.75) is 66.8 Å². The van der Waals surface area contributed by atoms with Gasteiger partial charge in [0.2, 0.25) is 0 Å². The van der Waals surface area contributed by atoms with Crippen LogP contribution in [0.5, 0.6) is 0 Å². The molecule has 2 unspecified atom stereocenters. The fraction of sp³-hybridized carbons (Fsp3) is 1.00. The normalized spacial score (nSPS) is 24.6. The molecule has 92 valence electrons. The summed E-state index contributed by atoms with van der Waals surface area (Å²) in [7, 11) is 0. The van der Waals surface area contributed by atoms with Gasteiger partial charge in [-0.05, 0) is 37.8 Å². The van der Waals surface area contributed by atoms with Gasteiger partial charge in [0.15, 0.2) is 0 Å². The lowest BCUT2D eigenvalue weighted by Crippen LogP contribution is -2.44. The maximum absolute atomic E-state index is 2.67. The summed E-state index contributed by atoms with van der Waals surface area (Å²) in [5, 5.41) is 0. The largest absolute Gasteiger partial charge is 0.300 e. The van der Waals surface area contributed by atoms with Crippen molar-refractivity contribution < 1.29 is 0 Å². The molecule has 2 atom stereocenters. The van der Waals surface area contributed by atoms with Gasteiger partial charge in [0, 0.05) is 6.04 Å². The van der Waals surface area contributed by atoms with Crippen molar-refractivity contribution in [2.75, 3.05) is 13.1 Å². The molecule has 0 bridgehead atoms. The van der Waals surface area contributed by atoms with Crippen molar-refractivity contribution >= 4 is 0 Å². The van der Waals surface area contributed by atoms with E-state index in [9.17, 15) is 0 Å². The smallest absolute Gasteiger partial charge is 0.0123 e. The Labute approximate surface area is 97.2 Å². The summed E-state index contributed by atoms with van der Waals surface area (Å²) in [6, 6.07) is 0.860. The molecule has 0 spiro atoms. The molecule has 1 rings (SSSR count). The number of rotatable bonds is 3. The van der Waals surface area contributed by atoms with Crippen LogP contribution < -0.4 is 0 Å². The molecule has 1 aliphatic heterocycles. The predicted octanol–water partition coefficient (Wildman–Crippen LogP) is 4.18. The van der Waals surface area contributed by atoms with Gasteiger partial charge in [0.25, 0.3) is 0 Å². The van der Waals surface area contributed by atoms with E-state index in [1.807, 2.05) is 13.8 Å². The van der Waals surface area contributed by atoms with Crippen LogP contribution in [-0.4, -0.2) is 24.0 Å². The van der Waals surface area contributed by atoms with E-state index in [4.69, 9.17) is 0 Å². The number of piperidine rings is 1. The lowest BCUT2D eigenvalue weighted by Gasteiger charge is -2.40. The average molecular weight is 213 g/mol. The summed E-state index contributed by atoms with van der Waals surface area (Å²) < 4.78 is 0. The molecule has 1 fully saturated rings. The lowest BCUT2D eigenvalue weighted by atomic mass is 9.84. The van der Waals surface area contributed by atoms with E-state index in [1.165, 1.54) is 32.4 Å². The molecule has 1 nitrogen and oxygen atoms in total. The van der Waals surface area contributed by atoms with Crippen LogP contribution in [0.25, 0.3) is 0 Å². The molecular formula is C14H31N. The van der Waals surface area contributed by atoms with E-state index in [-0.39, 0.29) is 0 Å². The van der Waals surface area contributed by atoms with Gasteiger partial charge in [-0.1, -0.05) is 48.0 Å². The van der Waals surface area contributed by atoms with E-state index in [2.05, 4.69) is 32.6 Å². The number of hydrogen-bond acceptors (Lipinski definition) is 1. The number of hydrogen-bond donors (Lipinski definition) is 0. The molecule has 1 saturated heterocycles. The van der Waals surface area contributed by atoms with Crippen molar-refractivity contribution in [2.24, 2.45) is 11.8 Å². The van der Waals surface area contributed by atoms with Gasteiger partial charge >= 0.3 is 0 Å². The summed E-state index contributed by atoms with van der Waals surface area (Å²) in [5.74, 6) is 1.69. The predicted molar refractivity (Wildman–Crippen MR) is 70.2 cm³/mol. The first kappa shape index (κ1) is 15.0. The van der Waals surface area contributed by atoms with E-state index >= 15 is 0 Å². The van der Waals surface area contributed by atoms with Gasteiger partial charge in [-0.2, -0.15) is 0 Å². The standard InChI is InChI=1S/C12H25N.C2H6/c1-5-13-9-7-6-8-12(13)11(4)10(2)3;1-2/h10-12H,5-9H2,1-4H3;1-2H3. The molecule has 0 saturated carbocycles. The first-order valence-corrected chi connectivity index (χ1v) is 6.90. The van der Waals surface area contributed by atoms with Crippen molar-refractivity contribution in [3.8, 4) is 0 Å². The second-order valence-electron chi connectivity index (χ2n) is 4.79. The number of likely N-dealkylation sites (tertiary alicyclic amines) is 1. The van der Waals surface area contributed by atoms with Crippen LogP contribution in [0.3, 0.4) is 0 Å². The van der Waals surface area contributed by atoms with Gasteiger partial charge in [0.05, 0.1) is 0 Å². The zero-order valence-electron chi connectivity index (χ0n) is 11.7. The van der Waals surface area contributed by atoms with Crippen LogP contribution in [0.15, 0.2) is 0 Å². The molecule has 1 heteroatoms. The van der Waals surface area contributed by atoms with Gasteiger partial charge in [-0.25, -0.2) is 0 Å². The molecule has 15 heavy (non-hydrogen) atoms. The third-order valence-corrected chi connectivity index (χ3v) is 3.73. The Kier molecular flexibility index (Phi) is 8.13. The summed E-state index contributed by atoms with van der Waals surface area (Å²) in [5.41, 5.74) is 0. The van der Waals surface area contributed by atoms with Crippen LogP contribution in [0.1, 0.15) is 60.8 Å². The zero-order valence-corrected chi connectivity index (χ0v) is 11.7. The second kappa shape index (κ2) is 8.15. The molecule has 0 aromatic heterocycles. The molecule has 0 amide bonds. The summed E-state index contributed by atoms with van der Waals surface area (Å²) in [6.45, 7) is 16.0. The Bertz CT molecular complexity index is 140. The lowest BCUT2D eigenvalue weighted by molar-refractivity contribution is 0.0923. The van der Waals surface area contributed by atoms with Crippen molar-refractivity contribution in [1.29, 1.82) is 0 Å². The Hall–Kier alpha value is -0.0400. The molecular weight excluding hydrogens is 182 g/mol. The minimum Gasteiger partial charge on any atom is -0.300 e. The minimum absolute atomic E-state index is 0.831. The molecule has 1 aliphatic rings. The highest BCUT2D eigenvalue weighted by Crippen LogP contribution is 2.27. The molecule has 0 radical (unpaired) electrons. The fourth-order valence-electron chi connectivity index (χ4n) is 2.45.